The molecule has 0 bridgehead atoms. The first kappa shape index (κ1) is 12.4. The molecule has 1 fully saturated rings. The van der Waals surface area contributed by atoms with Crippen LogP contribution in [0.1, 0.15) is 19.3 Å². The molecule has 0 aromatic heterocycles. The van der Waals surface area contributed by atoms with Crippen LogP contribution in [-0.2, 0) is 9.53 Å². The van der Waals surface area contributed by atoms with Gasteiger partial charge in [-0.05, 0) is 25.8 Å². The van der Waals surface area contributed by atoms with Crippen LogP contribution < -0.4 is 11.3 Å². The molecule has 15 heavy (non-hydrogen) atoms. The normalized spacial score (nSPS) is 18.1. The van der Waals surface area contributed by atoms with Crippen LogP contribution >= 0.6 is 0 Å². The van der Waals surface area contributed by atoms with E-state index in [2.05, 4.69) is 10.3 Å². The van der Waals surface area contributed by atoms with Crippen LogP contribution in [0.3, 0.4) is 0 Å². The Morgan fingerprint density at radius 1 is 1.53 bits per heavy atom. The van der Waals surface area contributed by atoms with Gasteiger partial charge in [0.25, 0.3) is 0 Å². The molecule has 5 nitrogen and oxygen atoms in total. The third-order valence-corrected chi connectivity index (χ3v) is 2.79. The van der Waals surface area contributed by atoms with Crippen molar-refractivity contribution in [2.45, 2.75) is 19.3 Å². The van der Waals surface area contributed by atoms with Crippen LogP contribution in [0.25, 0.3) is 0 Å². The van der Waals surface area contributed by atoms with Crippen molar-refractivity contribution in [3.63, 3.8) is 0 Å². The average molecular weight is 215 g/mol. The molecule has 1 aliphatic heterocycles. The molecule has 0 saturated carbocycles. The number of carbonyl (C=O) groups is 1. The summed E-state index contributed by atoms with van der Waals surface area (Å²) in [6.07, 6.45) is 2.73. The van der Waals surface area contributed by atoms with Crippen molar-refractivity contribution in [1.29, 1.82) is 0 Å². The number of nitrogens with one attached hydrogen (secondary N) is 1. The van der Waals surface area contributed by atoms with E-state index in [1.54, 1.807) is 0 Å². The predicted octanol–water partition coefficient (Wildman–Crippen LogP) is -0.275. The van der Waals surface area contributed by atoms with Crippen molar-refractivity contribution in [2.24, 2.45) is 11.8 Å². The van der Waals surface area contributed by atoms with Crippen molar-refractivity contribution in [3.05, 3.63) is 0 Å². The molecule has 88 valence electrons. The SMILES string of the molecule is CN(CCC(=O)NN)CC1CCOCC1. The standard InChI is InChI=1S/C10H21N3O2/c1-13(5-2-10(14)12-11)8-9-3-6-15-7-4-9/h9H,2-8,11H2,1H3,(H,12,14). The maximum absolute atomic E-state index is 10.9. The summed E-state index contributed by atoms with van der Waals surface area (Å²) in [6.45, 7) is 3.56. The predicted molar refractivity (Wildman–Crippen MR) is 58.0 cm³/mol. The molecule has 1 aliphatic rings. The van der Waals surface area contributed by atoms with Gasteiger partial charge >= 0.3 is 0 Å². The first-order valence-electron chi connectivity index (χ1n) is 5.48. The van der Waals surface area contributed by atoms with E-state index in [4.69, 9.17) is 10.6 Å². The Morgan fingerprint density at radius 2 is 2.20 bits per heavy atom. The van der Waals surface area contributed by atoms with E-state index in [0.29, 0.717) is 12.3 Å². The molecule has 3 N–H and O–H groups in total. The maximum atomic E-state index is 10.9. The van der Waals surface area contributed by atoms with E-state index in [9.17, 15) is 4.79 Å². The quantitative estimate of drug-likeness (QED) is 0.376. The largest absolute Gasteiger partial charge is 0.381 e. The first-order chi connectivity index (χ1) is 7.22. The molecule has 5 heteroatoms. The van der Waals surface area contributed by atoms with Gasteiger partial charge < -0.3 is 9.64 Å². The minimum absolute atomic E-state index is 0.103. The molecule has 1 saturated heterocycles. The van der Waals surface area contributed by atoms with E-state index >= 15 is 0 Å². The number of hydrogen-bond acceptors (Lipinski definition) is 4. The average Bonchev–Trinajstić information content (AvgIpc) is 2.27. The number of nitrogens with two attached hydrogens (primary N) is 1. The van der Waals surface area contributed by atoms with E-state index in [1.807, 2.05) is 7.05 Å². The number of carbonyl (C=O) groups excluding carboxylic acids is 1. The second-order valence-corrected chi connectivity index (χ2v) is 4.14. The summed E-state index contributed by atoms with van der Waals surface area (Å²) in [5.41, 5.74) is 2.14. The van der Waals surface area contributed by atoms with E-state index in [0.717, 1.165) is 39.1 Å². The molecule has 0 atom stereocenters. The zero-order chi connectivity index (χ0) is 11.1. The van der Waals surface area contributed by atoms with Gasteiger partial charge in [0, 0.05) is 32.7 Å². The lowest BCUT2D eigenvalue weighted by atomic mass is 10.00. The highest BCUT2D eigenvalue weighted by molar-refractivity contribution is 5.75. The Kier molecular flexibility index (Phi) is 5.60. The van der Waals surface area contributed by atoms with Gasteiger partial charge in [-0.2, -0.15) is 0 Å². The Bertz CT molecular complexity index is 193. The monoisotopic (exact) mass is 215 g/mol. The summed E-state index contributed by atoms with van der Waals surface area (Å²) in [5.74, 6) is 5.62. The van der Waals surface area contributed by atoms with Crippen LogP contribution in [0.2, 0.25) is 0 Å². The van der Waals surface area contributed by atoms with Gasteiger partial charge in [-0.25, -0.2) is 5.84 Å². The van der Waals surface area contributed by atoms with Gasteiger partial charge in [-0.1, -0.05) is 0 Å². The highest BCUT2D eigenvalue weighted by atomic mass is 16.5. The summed E-state index contributed by atoms with van der Waals surface area (Å²) in [5, 5.41) is 0. The highest BCUT2D eigenvalue weighted by Crippen LogP contribution is 2.15. The Hall–Kier alpha value is -0.650. The summed E-state index contributed by atoms with van der Waals surface area (Å²) in [7, 11) is 2.04. The Labute approximate surface area is 90.9 Å². The van der Waals surface area contributed by atoms with Crippen LogP contribution in [0.15, 0.2) is 0 Å². The zero-order valence-corrected chi connectivity index (χ0v) is 9.37. The van der Waals surface area contributed by atoms with Gasteiger partial charge in [-0.15, -0.1) is 0 Å². The van der Waals surface area contributed by atoms with Crippen molar-refractivity contribution in [2.75, 3.05) is 33.4 Å². The van der Waals surface area contributed by atoms with Crippen LogP contribution in [-0.4, -0.2) is 44.2 Å². The number of hydrogen-bond donors (Lipinski definition) is 2. The fourth-order valence-corrected chi connectivity index (χ4v) is 1.83. The molecule has 0 spiro atoms. The number of hydrazine groups is 1. The lowest BCUT2D eigenvalue weighted by molar-refractivity contribution is -0.121. The van der Waals surface area contributed by atoms with Crippen molar-refractivity contribution >= 4 is 5.91 Å². The van der Waals surface area contributed by atoms with Gasteiger partial charge in [0.15, 0.2) is 0 Å². The molecule has 0 aromatic carbocycles. The summed E-state index contributed by atoms with van der Waals surface area (Å²) in [4.78, 5) is 13.1. The number of ether oxygens (including phenoxy) is 1. The smallest absolute Gasteiger partial charge is 0.235 e. The Morgan fingerprint density at radius 3 is 2.80 bits per heavy atom. The number of rotatable bonds is 5. The van der Waals surface area contributed by atoms with Gasteiger partial charge in [0.1, 0.15) is 0 Å². The molecule has 1 amide bonds. The van der Waals surface area contributed by atoms with Gasteiger partial charge in [0.05, 0.1) is 0 Å². The summed E-state index contributed by atoms with van der Waals surface area (Å²) < 4.78 is 5.30. The lowest BCUT2D eigenvalue weighted by Gasteiger charge is -2.26. The van der Waals surface area contributed by atoms with E-state index < -0.39 is 0 Å². The molecule has 1 rings (SSSR count). The van der Waals surface area contributed by atoms with Crippen molar-refractivity contribution in [3.8, 4) is 0 Å². The van der Waals surface area contributed by atoms with Crippen LogP contribution in [0.5, 0.6) is 0 Å². The van der Waals surface area contributed by atoms with Crippen molar-refractivity contribution < 1.29 is 9.53 Å². The fraction of sp³-hybridized carbons (Fsp3) is 0.900. The van der Waals surface area contributed by atoms with Gasteiger partial charge in [-0.3, -0.25) is 10.2 Å². The molecule has 0 aromatic rings. The van der Waals surface area contributed by atoms with Crippen LogP contribution in [0.4, 0.5) is 0 Å². The molecule has 0 radical (unpaired) electrons. The highest BCUT2D eigenvalue weighted by Gasteiger charge is 2.15. The topological polar surface area (TPSA) is 67.6 Å². The maximum Gasteiger partial charge on any atom is 0.235 e. The fourth-order valence-electron chi connectivity index (χ4n) is 1.83. The second-order valence-electron chi connectivity index (χ2n) is 4.14. The summed E-state index contributed by atoms with van der Waals surface area (Å²) in [6, 6.07) is 0. The second kappa shape index (κ2) is 6.76. The molecular formula is C10H21N3O2. The number of nitrogens with zero attached hydrogens (tertiary/aromatic N) is 1. The molecule has 0 unspecified atom stereocenters. The summed E-state index contributed by atoms with van der Waals surface area (Å²) >= 11 is 0. The van der Waals surface area contributed by atoms with Gasteiger partial charge in [0.2, 0.25) is 5.91 Å². The first-order valence-corrected chi connectivity index (χ1v) is 5.48. The van der Waals surface area contributed by atoms with E-state index in [-0.39, 0.29) is 5.91 Å². The minimum atomic E-state index is -0.103. The van der Waals surface area contributed by atoms with E-state index in [1.165, 1.54) is 0 Å². The zero-order valence-electron chi connectivity index (χ0n) is 9.37. The lowest BCUT2D eigenvalue weighted by Crippen LogP contribution is -2.35. The molecule has 1 heterocycles. The number of amides is 1. The third kappa shape index (κ3) is 5.11. The van der Waals surface area contributed by atoms with Crippen molar-refractivity contribution in [1.82, 2.24) is 10.3 Å². The minimum Gasteiger partial charge on any atom is -0.381 e. The third-order valence-electron chi connectivity index (χ3n) is 2.79. The molecule has 0 aliphatic carbocycles. The molecular weight excluding hydrogens is 194 g/mol. The Balaban J connectivity index is 2.11. The van der Waals surface area contributed by atoms with Crippen LogP contribution in [0, 0.1) is 5.92 Å².